The summed E-state index contributed by atoms with van der Waals surface area (Å²) in [6, 6.07) is 13.1. The Morgan fingerprint density at radius 2 is 1.90 bits per heavy atom. The molecule has 2 heterocycles. The molecule has 0 spiro atoms. The standard InChI is InChI=1S/C23H27N3O4S/c1-3-30-18-6-4-17(5-7-18)22(27)26(11-10-25-12-14-29-15-13-25)23-24-20-16-19(28-2)8-9-21(20)31-23/h4-9,16H,3,10-15H2,1-2H3. The van der Waals surface area contributed by atoms with E-state index in [-0.39, 0.29) is 5.91 Å². The van der Waals surface area contributed by atoms with E-state index in [2.05, 4.69) is 4.90 Å². The Balaban J connectivity index is 1.60. The minimum atomic E-state index is -0.0673. The Morgan fingerprint density at radius 3 is 2.61 bits per heavy atom. The van der Waals surface area contributed by atoms with Crippen molar-refractivity contribution in [3.05, 3.63) is 48.0 Å². The molecule has 1 amide bonds. The van der Waals surface area contributed by atoms with Crippen LogP contribution in [0.25, 0.3) is 10.2 Å². The van der Waals surface area contributed by atoms with Gasteiger partial charge in [-0.2, -0.15) is 0 Å². The summed E-state index contributed by atoms with van der Waals surface area (Å²) < 4.78 is 17.3. The van der Waals surface area contributed by atoms with Crippen molar-refractivity contribution in [2.24, 2.45) is 0 Å². The molecule has 4 rings (SSSR count). The van der Waals surface area contributed by atoms with Gasteiger partial charge in [-0.1, -0.05) is 11.3 Å². The number of hydrogen-bond donors (Lipinski definition) is 0. The maximum atomic E-state index is 13.5. The molecule has 2 aromatic carbocycles. The third-order valence-electron chi connectivity index (χ3n) is 5.22. The lowest BCUT2D eigenvalue weighted by Crippen LogP contribution is -2.43. The number of carbonyl (C=O) groups excluding carboxylic acids is 1. The van der Waals surface area contributed by atoms with Crippen LogP contribution in [0.4, 0.5) is 5.13 Å². The number of methoxy groups -OCH3 is 1. The van der Waals surface area contributed by atoms with E-state index in [9.17, 15) is 4.79 Å². The molecule has 1 aromatic heterocycles. The SMILES string of the molecule is CCOc1ccc(C(=O)N(CCN2CCOCC2)c2nc3cc(OC)ccc3s2)cc1. The second-order valence-corrected chi connectivity index (χ2v) is 8.21. The number of amides is 1. The second kappa shape index (κ2) is 10.1. The number of nitrogens with zero attached hydrogens (tertiary/aromatic N) is 3. The van der Waals surface area contributed by atoms with E-state index < -0.39 is 0 Å². The highest BCUT2D eigenvalue weighted by Gasteiger charge is 2.23. The Labute approximate surface area is 186 Å². The molecule has 164 valence electrons. The summed E-state index contributed by atoms with van der Waals surface area (Å²) in [6.45, 7) is 7.07. The number of benzene rings is 2. The first-order valence-electron chi connectivity index (χ1n) is 10.5. The highest BCUT2D eigenvalue weighted by Crippen LogP contribution is 2.32. The van der Waals surface area contributed by atoms with Gasteiger partial charge in [-0.25, -0.2) is 4.98 Å². The summed E-state index contributed by atoms with van der Waals surface area (Å²) in [7, 11) is 1.64. The zero-order valence-corrected chi connectivity index (χ0v) is 18.7. The molecule has 0 atom stereocenters. The highest BCUT2D eigenvalue weighted by atomic mass is 32.1. The van der Waals surface area contributed by atoms with Gasteiger partial charge in [0.25, 0.3) is 5.91 Å². The van der Waals surface area contributed by atoms with E-state index in [1.54, 1.807) is 12.0 Å². The van der Waals surface area contributed by atoms with Crippen molar-refractivity contribution in [1.82, 2.24) is 9.88 Å². The van der Waals surface area contributed by atoms with Crippen molar-refractivity contribution >= 4 is 32.6 Å². The van der Waals surface area contributed by atoms with E-state index in [0.717, 1.165) is 54.6 Å². The van der Waals surface area contributed by atoms with Crippen LogP contribution in [0.15, 0.2) is 42.5 Å². The predicted molar refractivity (Wildman–Crippen MR) is 123 cm³/mol. The third-order valence-corrected chi connectivity index (χ3v) is 6.27. The molecule has 0 bridgehead atoms. The van der Waals surface area contributed by atoms with Crippen LogP contribution in [0, 0.1) is 0 Å². The van der Waals surface area contributed by atoms with Crippen molar-refractivity contribution in [3.8, 4) is 11.5 Å². The topological polar surface area (TPSA) is 64.1 Å². The number of carbonyl (C=O) groups is 1. The van der Waals surface area contributed by atoms with Crippen molar-refractivity contribution in [2.45, 2.75) is 6.92 Å². The van der Waals surface area contributed by atoms with Gasteiger partial charge in [0, 0.05) is 37.8 Å². The van der Waals surface area contributed by atoms with E-state index in [4.69, 9.17) is 19.2 Å². The first kappa shape index (κ1) is 21.5. The molecule has 31 heavy (non-hydrogen) atoms. The molecule has 0 radical (unpaired) electrons. The molecule has 8 heteroatoms. The molecule has 1 aliphatic rings. The molecule has 7 nitrogen and oxygen atoms in total. The van der Waals surface area contributed by atoms with Crippen LogP contribution < -0.4 is 14.4 Å². The molecule has 1 fully saturated rings. The lowest BCUT2D eigenvalue weighted by molar-refractivity contribution is 0.0391. The van der Waals surface area contributed by atoms with Crippen LogP contribution in [0.3, 0.4) is 0 Å². The van der Waals surface area contributed by atoms with Crippen LogP contribution in [0.2, 0.25) is 0 Å². The number of morpholine rings is 1. The second-order valence-electron chi connectivity index (χ2n) is 7.20. The van der Waals surface area contributed by atoms with Crippen LogP contribution >= 0.6 is 11.3 Å². The summed E-state index contributed by atoms with van der Waals surface area (Å²) in [5.74, 6) is 1.44. The molecule has 1 saturated heterocycles. The van der Waals surface area contributed by atoms with Crippen LogP contribution in [-0.4, -0.2) is 68.9 Å². The quantitative estimate of drug-likeness (QED) is 0.531. The fourth-order valence-electron chi connectivity index (χ4n) is 3.50. The van der Waals surface area contributed by atoms with Gasteiger partial charge in [0.2, 0.25) is 0 Å². The van der Waals surface area contributed by atoms with Crippen molar-refractivity contribution < 1.29 is 19.0 Å². The number of rotatable bonds is 8. The van der Waals surface area contributed by atoms with Gasteiger partial charge in [-0.15, -0.1) is 0 Å². The maximum absolute atomic E-state index is 13.5. The van der Waals surface area contributed by atoms with Crippen LogP contribution in [0.1, 0.15) is 17.3 Å². The number of hydrogen-bond acceptors (Lipinski definition) is 7. The number of aromatic nitrogens is 1. The normalized spacial score (nSPS) is 14.5. The predicted octanol–water partition coefficient (Wildman–Crippen LogP) is 3.68. The number of thiazole rings is 1. The minimum Gasteiger partial charge on any atom is -0.497 e. The van der Waals surface area contributed by atoms with Gasteiger partial charge < -0.3 is 14.2 Å². The van der Waals surface area contributed by atoms with Gasteiger partial charge in [0.05, 0.1) is 37.1 Å². The van der Waals surface area contributed by atoms with Gasteiger partial charge >= 0.3 is 0 Å². The summed E-state index contributed by atoms with van der Waals surface area (Å²) in [6.07, 6.45) is 0. The van der Waals surface area contributed by atoms with Crippen molar-refractivity contribution in [1.29, 1.82) is 0 Å². The molecule has 0 saturated carbocycles. The molecular weight excluding hydrogens is 414 g/mol. The fraction of sp³-hybridized carbons (Fsp3) is 0.391. The van der Waals surface area contributed by atoms with E-state index >= 15 is 0 Å². The van der Waals surface area contributed by atoms with Crippen LogP contribution in [-0.2, 0) is 4.74 Å². The molecule has 0 aliphatic carbocycles. The molecule has 3 aromatic rings. The lowest BCUT2D eigenvalue weighted by Gasteiger charge is -2.29. The average molecular weight is 442 g/mol. The number of fused-ring (bicyclic) bond motifs is 1. The number of ether oxygens (including phenoxy) is 3. The maximum Gasteiger partial charge on any atom is 0.260 e. The largest absolute Gasteiger partial charge is 0.497 e. The van der Waals surface area contributed by atoms with E-state index in [1.807, 2.05) is 49.4 Å². The Bertz CT molecular complexity index is 1020. The Kier molecular flexibility index (Phi) is 7.01. The molecule has 0 unspecified atom stereocenters. The van der Waals surface area contributed by atoms with Gasteiger partial charge in [0.15, 0.2) is 5.13 Å². The highest BCUT2D eigenvalue weighted by molar-refractivity contribution is 7.22. The number of anilines is 1. The summed E-state index contributed by atoms with van der Waals surface area (Å²) in [5.41, 5.74) is 1.44. The zero-order valence-electron chi connectivity index (χ0n) is 17.9. The lowest BCUT2D eigenvalue weighted by atomic mass is 10.2. The van der Waals surface area contributed by atoms with Crippen molar-refractivity contribution in [3.63, 3.8) is 0 Å². The molecular formula is C23H27N3O4S. The summed E-state index contributed by atoms with van der Waals surface area (Å²) >= 11 is 1.52. The van der Waals surface area contributed by atoms with E-state index in [1.165, 1.54) is 11.3 Å². The smallest absolute Gasteiger partial charge is 0.260 e. The first-order chi connectivity index (χ1) is 15.2. The van der Waals surface area contributed by atoms with Gasteiger partial charge in [-0.3, -0.25) is 14.6 Å². The third kappa shape index (κ3) is 5.15. The van der Waals surface area contributed by atoms with Gasteiger partial charge in [-0.05, 0) is 43.3 Å². The van der Waals surface area contributed by atoms with Crippen molar-refractivity contribution in [2.75, 3.05) is 58.0 Å². The first-order valence-corrected chi connectivity index (χ1v) is 11.3. The monoisotopic (exact) mass is 441 g/mol. The minimum absolute atomic E-state index is 0.0673. The summed E-state index contributed by atoms with van der Waals surface area (Å²) in [4.78, 5) is 22.3. The van der Waals surface area contributed by atoms with Crippen LogP contribution in [0.5, 0.6) is 11.5 Å². The van der Waals surface area contributed by atoms with Gasteiger partial charge in [0.1, 0.15) is 11.5 Å². The Morgan fingerprint density at radius 1 is 1.16 bits per heavy atom. The Hall–Kier alpha value is -2.68. The average Bonchev–Trinajstić information content (AvgIpc) is 3.23. The zero-order chi connectivity index (χ0) is 21.6. The molecule has 1 aliphatic heterocycles. The molecule has 0 N–H and O–H groups in total. The summed E-state index contributed by atoms with van der Waals surface area (Å²) in [5, 5.41) is 0.690. The van der Waals surface area contributed by atoms with E-state index in [0.29, 0.717) is 23.8 Å². The fourth-order valence-corrected chi connectivity index (χ4v) is 4.47.